The van der Waals surface area contributed by atoms with Crippen LogP contribution in [0.4, 0.5) is 0 Å². The van der Waals surface area contributed by atoms with Crippen LogP contribution >= 0.6 is 0 Å². The minimum absolute atomic E-state index is 0.118. The lowest BCUT2D eigenvalue weighted by Crippen LogP contribution is -2.43. The molecule has 0 unspecified atom stereocenters. The molecule has 3 aliphatic heterocycles. The van der Waals surface area contributed by atoms with E-state index in [1.54, 1.807) is 11.3 Å². The van der Waals surface area contributed by atoms with E-state index in [4.69, 9.17) is 9.73 Å². The number of hydrogen-bond donors (Lipinski definition) is 0. The molecule has 0 saturated carbocycles. The third-order valence-electron chi connectivity index (χ3n) is 5.37. The maximum atomic E-state index is 5.49. The topological polar surface area (TPSA) is 28.1 Å². The van der Waals surface area contributed by atoms with Crippen molar-refractivity contribution in [3.05, 3.63) is 11.3 Å². The van der Waals surface area contributed by atoms with Gasteiger partial charge in [-0.1, -0.05) is 27.7 Å². The van der Waals surface area contributed by atoms with Gasteiger partial charge in [-0.3, -0.25) is 9.89 Å². The van der Waals surface area contributed by atoms with Gasteiger partial charge in [-0.2, -0.15) is 0 Å². The molecule has 4 heteroatoms. The molecule has 3 heterocycles. The summed E-state index contributed by atoms with van der Waals surface area (Å²) in [5.74, 6) is 2.02. The molecule has 4 nitrogen and oxygen atoms in total. The molecule has 0 aromatic carbocycles. The predicted molar refractivity (Wildman–Crippen MR) is 95.7 cm³/mol. The number of aliphatic imine (C=N–C) groups is 1. The van der Waals surface area contributed by atoms with Gasteiger partial charge in [0.2, 0.25) is 0 Å². The highest BCUT2D eigenvalue weighted by Crippen LogP contribution is 2.39. The molecule has 2 fully saturated rings. The zero-order chi connectivity index (χ0) is 16.6. The third-order valence-corrected chi connectivity index (χ3v) is 5.37. The number of ether oxygens (including phenoxy) is 1. The summed E-state index contributed by atoms with van der Waals surface area (Å²) in [4.78, 5) is 10.2. The molecule has 0 aliphatic carbocycles. The number of hydrogen-bond acceptors (Lipinski definition) is 4. The Balaban J connectivity index is 1.78. The van der Waals surface area contributed by atoms with Crippen LogP contribution in [-0.4, -0.2) is 61.1 Å². The van der Waals surface area contributed by atoms with Crippen molar-refractivity contribution >= 4 is 5.84 Å². The van der Waals surface area contributed by atoms with Crippen LogP contribution in [0.3, 0.4) is 0 Å². The van der Waals surface area contributed by atoms with Crippen molar-refractivity contribution in [2.45, 2.75) is 53.5 Å². The van der Waals surface area contributed by atoms with Crippen molar-refractivity contribution in [2.75, 3.05) is 39.4 Å². The molecule has 0 aromatic rings. The molecule has 2 saturated heterocycles. The predicted octanol–water partition coefficient (Wildman–Crippen LogP) is 3.15. The maximum absolute atomic E-state index is 5.49. The normalized spacial score (nSPS) is 29.8. The molecule has 0 radical (unpaired) electrons. The zero-order valence-corrected chi connectivity index (χ0v) is 15.6. The second-order valence-electron chi connectivity index (χ2n) is 8.30. The van der Waals surface area contributed by atoms with E-state index < -0.39 is 0 Å². The average molecular weight is 319 g/mol. The van der Waals surface area contributed by atoms with E-state index >= 15 is 0 Å². The first-order valence-electron chi connectivity index (χ1n) is 9.28. The summed E-state index contributed by atoms with van der Waals surface area (Å²) in [6.45, 7) is 17.7. The Morgan fingerprint density at radius 1 is 1.22 bits per heavy atom. The zero-order valence-electron chi connectivity index (χ0n) is 15.6. The molecule has 0 bridgehead atoms. The van der Waals surface area contributed by atoms with E-state index in [0.29, 0.717) is 6.04 Å². The van der Waals surface area contributed by atoms with E-state index in [0.717, 1.165) is 45.2 Å². The lowest BCUT2D eigenvalue weighted by molar-refractivity contribution is 0.0315. The van der Waals surface area contributed by atoms with Crippen LogP contribution in [0.15, 0.2) is 16.3 Å². The van der Waals surface area contributed by atoms with E-state index in [2.05, 4.69) is 44.4 Å². The van der Waals surface area contributed by atoms with Crippen LogP contribution in [0, 0.1) is 11.3 Å². The molecule has 0 aromatic heterocycles. The molecular weight excluding hydrogens is 286 g/mol. The van der Waals surface area contributed by atoms with Gasteiger partial charge in [0.15, 0.2) is 0 Å². The summed E-state index contributed by atoms with van der Waals surface area (Å²) in [5, 5.41) is 0. The average Bonchev–Trinajstić information content (AvgIpc) is 2.89. The minimum Gasteiger partial charge on any atom is -0.379 e. The molecule has 23 heavy (non-hydrogen) atoms. The molecular formula is C19H33N3O. The first-order chi connectivity index (χ1) is 10.9. The fraction of sp³-hybridized carbons (Fsp3) is 0.842. The number of fused-ring (bicyclic) bond motifs is 1. The molecule has 3 aliphatic rings. The molecule has 130 valence electrons. The van der Waals surface area contributed by atoms with Gasteiger partial charge in [0.25, 0.3) is 0 Å². The standard InChI is InChI=1S/C19H33N3O/c1-6-16-14(2)20-18(19(3,4)5)22-13-15(11-17(16)22)12-21-7-9-23-10-8-21/h14-15H,6-13H2,1-5H3/t14-,15-/m0/s1. The van der Waals surface area contributed by atoms with Crippen LogP contribution in [0.25, 0.3) is 0 Å². The summed E-state index contributed by atoms with van der Waals surface area (Å²) in [6.07, 6.45) is 2.35. The Labute approximate surface area is 141 Å². The summed E-state index contributed by atoms with van der Waals surface area (Å²) >= 11 is 0. The van der Waals surface area contributed by atoms with Gasteiger partial charge in [0, 0.05) is 37.3 Å². The molecule has 0 spiro atoms. The Hall–Kier alpha value is -0.870. The number of nitrogens with zero attached hydrogens (tertiary/aromatic N) is 3. The van der Waals surface area contributed by atoms with Gasteiger partial charge in [0.05, 0.1) is 19.3 Å². The van der Waals surface area contributed by atoms with E-state index in [9.17, 15) is 0 Å². The maximum Gasteiger partial charge on any atom is 0.109 e. The van der Waals surface area contributed by atoms with E-state index in [1.807, 2.05) is 0 Å². The molecule has 2 atom stereocenters. The summed E-state index contributed by atoms with van der Waals surface area (Å²) in [7, 11) is 0. The number of rotatable bonds is 3. The number of amidine groups is 1. The van der Waals surface area contributed by atoms with Crippen molar-refractivity contribution in [3.8, 4) is 0 Å². The van der Waals surface area contributed by atoms with Gasteiger partial charge in [-0.15, -0.1) is 0 Å². The van der Waals surface area contributed by atoms with Crippen molar-refractivity contribution in [2.24, 2.45) is 16.3 Å². The second kappa shape index (κ2) is 6.56. The van der Waals surface area contributed by atoms with Gasteiger partial charge < -0.3 is 9.64 Å². The van der Waals surface area contributed by atoms with Gasteiger partial charge in [0.1, 0.15) is 5.84 Å². The van der Waals surface area contributed by atoms with Gasteiger partial charge >= 0.3 is 0 Å². The van der Waals surface area contributed by atoms with Crippen LogP contribution in [0.1, 0.15) is 47.5 Å². The SMILES string of the molecule is CCC1=C2C[C@@H](CN3CCOCC3)CN2C(C(C)(C)C)=N[C@H]1C. The Morgan fingerprint density at radius 3 is 2.52 bits per heavy atom. The van der Waals surface area contributed by atoms with Crippen LogP contribution in [0.2, 0.25) is 0 Å². The highest BCUT2D eigenvalue weighted by Gasteiger charge is 2.39. The van der Waals surface area contributed by atoms with Crippen molar-refractivity contribution in [1.82, 2.24) is 9.80 Å². The van der Waals surface area contributed by atoms with Crippen molar-refractivity contribution in [3.63, 3.8) is 0 Å². The Morgan fingerprint density at radius 2 is 1.91 bits per heavy atom. The smallest absolute Gasteiger partial charge is 0.109 e. The third kappa shape index (κ3) is 3.48. The minimum atomic E-state index is 0.118. The molecule has 3 rings (SSSR count). The fourth-order valence-electron chi connectivity index (χ4n) is 4.28. The van der Waals surface area contributed by atoms with E-state index in [-0.39, 0.29) is 5.41 Å². The summed E-state index contributed by atoms with van der Waals surface area (Å²) < 4.78 is 5.49. The molecule has 0 amide bonds. The first kappa shape index (κ1) is 17.0. The summed E-state index contributed by atoms with van der Waals surface area (Å²) in [5.41, 5.74) is 3.26. The lowest BCUT2D eigenvalue weighted by atomic mass is 9.90. The lowest BCUT2D eigenvalue weighted by Gasteiger charge is -2.37. The monoisotopic (exact) mass is 319 g/mol. The van der Waals surface area contributed by atoms with Crippen molar-refractivity contribution in [1.29, 1.82) is 0 Å². The Kier molecular flexibility index (Phi) is 4.84. The largest absolute Gasteiger partial charge is 0.379 e. The quantitative estimate of drug-likeness (QED) is 0.800. The highest BCUT2D eigenvalue weighted by atomic mass is 16.5. The number of allylic oxidation sites excluding steroid dienone is 1. The van der Waals surface area contributed by atoms with Gasteiger partial charge in [-0.25, -0.2) is 0 Å². The number of morpholine rings is 1. The highest BCUT2D eigenvalue weighted by molar-refractivity contribution is 5.90. The van der Waals surface area contributed by atoms with E-state index in [1.165, 1.54) is 18.8 Å². The van der Waals surface area contributed by atoms with Crippen LogP contribution < -0.4 is 0 Å². The molecule has 0 N–H and O–H groups in total. The second-order valence-corrected chi connectivity index (χ2v) is 8.30. The van der Waals surface area contributed by atoms with Crippen molar-refractivity contribution < 1.29 is 4.74 Å². The first-order valence-corrected chi connectivity index (χ1v) is 9.28. The van der Waals surface area contributed by atoms with Crippen LogP contribution in [-0.2, 0) is 4.74 Å². The summed E-state index contributed by atoms with van der Waals surface area (Å²) in [6, 6.07) is 0.350. The fourth-order valence-corrected chi connectivity index (χ4v) is 4.28. The Bertz CT molecular complexity index is 497. The van der Waals surface area contributed by atoms with Crippen LogP contribution in [0.5, 0.6) is 0 Å². The van der Waals surface area contributed by atoms with Gasteiger partial charge in [-0.05, 0) is 31.3 Å².